The van der Waals surface area contributed by atoms with Gasteiger partial charge in [0.2, 0.25) is 5.91 Å². The molecule has 150 valence electrons. The zero-order valence-electron chi connectivity index (χ0n) is 15.8. The van der Waals surface area contributed by atoms with E-state index < -0.39 is 0 Å². The van der Waals surface area contributed by atoms with Gasteiger partial charge in [-0.15, -0.1) is 6.42 Å². The molecule has 0 saturated heterocycles. The van der Waals surface area contributed by atoms with Crippen LogP contribution in [0, 0.1) is 12.3 Å². The van der Waals surface area contributed by atoms with Crippen LogP contribution in [0.4, 0.5) is 0 Å². The predicted molar refractivity (Wildman–Crippen MR) is 103 cm³/mol. The highest BCUT2D eigenvalue weighted by molar-refractivity contribution is 5.75. The fraction of sp³-hybridized carbons (Fsp3) is 0.550. The van der Waals surface area contributed by atoms with E-state index in [4.69, 9.17) is 31.1 Å². The molecule has 0 aliphatic heterocycles. The van der Waals surface area contributed by atoms with E-state index in [1.54, 1.807) is 0 Å². The highest BCUT2D eigenvalue weighted by Gasteiger charge is 2.04. The summed E-state index contributed by atoms with van der Waals surface area (Å²) in [5, 5.41) is 2.87. The van der Waals surface area contributed by atoms with Crippen LogP contribution in [0.15, 0.2) is 24.3 Å². The molecular formula is C20H30N2O5. The summed E-state index contributed by atoms with van der Waals surface area (Å²) >= 11 is 0. The van der Waals surface area contributed by atoms with Gasteiger partial charge in [0.1, 0.15) is 6.61 Å². The number of carbonyl (C=O) groups excluding carboxylic acids is 1. The van der Waals surface area contributed by atoms with Crippen LogP contribution in [-0.2, 0) is 36.8 Å². The van der Waals surface area contributed by atoms with Crippen LogP contribution >= 0.6 is 0 Å². The first kappa shape index (κ1) is 23.1. The molecular weight excluding hydrogens is 348 g/mol. The van der Waals surface area contributed by atoms with Gasteiger partial charge in [-0.1, -0.05) is 30.2 Å². The number of hydrogen-bond acceptors (Lipinski definition) is 6. The minimum atomic E-state index is -0.0526. The van der Waals surface area contributed by atoms with Crippen LogP contribution in [0.25, 0.3) is 0 Å². The van der Waals surface area contributed by atoms with Gasteiger partial charge >= 0.3 is 0 Å². The van der Waals surface area contributed by atoms with Crippen molar-refractivity contribution in [2.45, 2.75) is 19.5 Å². The van der Waals surface area contributed by atoms with Crippen molar-refractivity contribution < 1.29 is 23.7 Å². The summed E-state index contributed by atoms with van der Waals surface area (Å²) in [6.45, 7) is 4.44. The average molecular weight is 378 g/mol. The molecule has 1 rings (SSSR count). The van der Waals surface area contributed by atoms with Crippen molar-refractivity contribution in [3.63, 3.8) is 0 Å². The lowest BCUT2D eigenvalue weighted by molar-refractivity contribution is -0.122. The zero-order valence-corrected chi connectivity index (χ0v) is 15.8. The summed E-state index contributed by atoms with van der Waals surface area (Å²) < 4.78 is 21.1. The fourth-order valence-electron chi connectivity index (χ4n) is 2.17. The minimum Gasteiger partial charge on any atom is -0.379 e. The van der Waals surface area contributed by atoms with Gasteiger partial charge in [0, 0.05) is 19.5 Å². The smallest absolute Gasteiger partial charge is 0.222 e. The van der Waals surface area contributed by atoms with Gasteiger partial charge in [0.15, 0.2) is 0 Å². The molecule has 0 heterocycles. The molecule has 7 heteroatoms. The van der Waals surface area contributed by atoms with Gasteiger partial charge in [0.25, 0.3) is 0 Å². The van der Waals surface area contributed by atoms with E-state index >= 15 is 0 Å². The Kier molecular flexibility index (Phi) is 13.9. The average Bonchev–Trinajstić information content (AvgIpc) is 2.70. The Bertz CT molecular complexity index is 560. The van der Waals surface area contributed by atoms with Gasteiger partial charge in [-0.2, -0.15) is 0 Å². The molecule has 1 aromatic rings. The first-order chi connectivity index (χ1) is 13.3. The predicted octanol–water partition coefficient (Wildman–Crippen LogP) is 0.851. The second-order valence-electron chi connectivity index (χ2n) is 5.59. The van der Waals surface area contributed by atoms with Crippen molar-refractivity contribution in [3.8, 4) is 12.3 Å². The summed E-state index contributed by atoms with van der Waals surface area (Å²) in [7, 11) is 0. The van der Waals surface area contributed by atoms with Crippen molar-refractivity contribution in [2.75, 3.05) is 52.9 Å². The molecule has 0 radical (unpaired) electrons. The first-order valence-electron chi connectivity index (χ1n) is 9.06. The number of hydrogen-bond donors (Lipinski definition) is 2. The molecule has 1 aromatic carbocycles. The quantitative estimate of drug-likeness (QED) is 0.327. The molecule has 0 atom stereocenters. The lowest BCUT2D eigenvalue weighted by Crippen LogP contribution is -2.25. The fourth-order valence-corrected chi connectivity index (χ4v) is 2.17. The highest BCUT2D eigenvalue weighted by Crippen LogP contribution is 2.07. The van der Waals surface area contributed by atoms with Crippen LogP contribution in [0.3, 0.4) is 0 Å². The molecule has 0 aliphatic rings. The Balaban J connectivity index is 1.90. The number of amides is 1. The van der Waals surface area contributed by atoms with Crippen molar-refractivity contribution in [1.82, 2.24) is 5.32 Å². The van der Waals surface area contributed by atoms with E-state index in [1.807, 2.05) is 24.3 Å². The van der Waals surface area contributed by atoms with Gasteiger partial charge < -0.3 is 30.0 Å². The Hall–Kier alpha value is -1.95. The van der Waals surface area contributed by atoms with Crippen molar-refractivity contribution in [2.24, 2.45) is 5.73 Å². The lowest BCUT2D eigenvalue weighted by atomic mass is 10.1. The molecule has 0 spiro atoms. The molecule has 0 bridgehead atoms. The summed E-state index contributed by atoms with van der Waals surface area (Å²) in [5.41, 5.74) is 7.75. The number of rotatable bonds is 16. The molecule has 0 saturated carbocycles. The van der Waals surface area contributed by atoms with Gasteiger partial charge in [-0.25, -0.2) is 0 Å². The summed E-state index contributed by atoms with van der Waals surface area (Å²) in [6, 6.07) is 7.79. The number of benzene rings is 1. The Labute approximate surface area is 161 Å². The third-order valence-corrected chi connectivity index (χ3v) is 3.59. The van der Waals surface area contributed by atoms with Crippen LogP contribution < -0.4 is 11.1 Å². The SMILES string of the molecule is C#CCOCCOCCOCCOCCC(=O)NCc1ccccc1CN. The Morgan fingerprint density at radius 3 is 2.07 bits per heavy atom. The number of ether oxygens (including phenoxy) is 4. The second-order valence-corrected chi connectivity index (χ2v) is 5.59. The molecule has 7 nitrogen and oxygen atoms in total. The van der Waals surface area contributed by atoms with Gasteiger partial charge in [0.05, 0.1) is 46.2 Å². The number of nitrogens with one attached hydrogen (secondary N) is 1. The van der Waals surface area contributed by atoms with Crippen molar-refractivity contribution >= 4 is 5.91 Å². The van der Waals surface area contributed by atoms with E-state index in [1.165, 1.54) is 0 Å². The van der Waals surface area contributed by atoms with Crippen molar-refractivity contribution in [1.29, 1.82) is 0 Å². The lowest BCUT2D eigenvalue weighted by Gasteiger charge is -2.10. The van der Waals surface area contributed by atoms with Crippen LogP contribution in [0.1, 0.15) is 17.5 Å². The molecule has 0 aliphatic carbocycles. The first-order valence-corrected chi connectivity index (χ1v) is 9.06. The third kappa shape index (κ3) is 12.1. The largest absolute Gasteiger partial charge is 0.379 e. The Morgan fingerprint density at radius 2 is 1.48 bits per heavy atom. The topological polar surface area (TPSA) is 92.0 Å². The molecule has 3 N–H and O–H groups in total. The van der Waals surface area contributed by atoms with E-state index in [-0.39, 0.29) is 5.91 Å². The summed E-state index contributed by atoms with van der Waals surface area (Å²) in [6.07, 6.45) is 5.36. The molecule has 0 aromatic heterocycles. The van der Waals surface area contributed by atoms with E-state index in [9.17, 15) is 4.79 Å². The van der Waals surface area contributed by atoms with Crippen molar-refractivity contribution in [3.05, 3.63) is 35.4 Å². The van der Waals surface area contributed by atoms with Crippen LogP contribution in [0.2, 0.25) is 0 Å². The summed E-state index contributed by atoms with van der Waals surface area (Å²) in [5.74, 6) is 2.33. The molecule has 1 amide bonds. The van der Waals surface area contributed by atoms with Crippen LogP contribution in [-0.4, -0.2) is 58.8 Å². The maximum absolute atomic E-state index is 11.8. The molecule has 0 fully saturated rings. The molecule has 0 unspecified atom stereocenters. The number of terminal acetylenes is 1. The van der Waals surface area contributed by atoms with Crippen LogP contribution in [0.5, 0.6) is 0 Å². The van der Waals surface area contributed by atoms with E-state index in [2.05, 4.69) is 11.2 Å². The standard InChI is InChI=1S/C20H30N2O5/c1-2-8-24-10-12-26-14-15-27-13-11-25-9-7-20(23)22-17-19-6-4-3-5-18(19)16-21/h1,3-6H,7-17,21H2,(H,22,23). The maximum atomic E-state index is 11.8. The highest BCUT2D eigenvalue weighted by atomic mass is 16.6. The van der Waals surface area contributed by atoms with Gasteiger partial charge in [-0.3, -0.25) is 4.79 Å². The number of nitrogens with two attached hydrogens (primary N) is 1. The third-order valence-electron chi connectivity index (χ3n) is 3.59. The molecule has 27 heavy (non-hydrogen) atoms. The van der Waals surface area contributed by atoms with E-state index in [0.717, 1.165) is 11.1 Å². The van der Waals surface area contributed by atoms with E-state index in [0.29, 0.717) is 72.4 Å². The zero-order chi connectivity index (χ0) is 19.6. The summed E-state index contributed by atoms with van der Waals surface area (Å²) in [4.78, 5) is 11.8. The second kappa shape index (κ2) is 16.2. The number of carbonyl (C=O) groups is 1. The maximum Gasteiger partial charge on any atom is 0.222 e. The minimum absolute atomic E-state index is 0.0526. The Morgan fingerprint density at radius 1 is 0.926 bits per heavy atom. The monoisotopic (exact) mass is 378 g/mol. The van der Waals surface area contributed by atoms with Gasteiger partial charge in [-0.05, 0) is 11.1 Å². The normalized spacial score (nSPS) is 10.5.